The lowest BCUT2D eigenvalue weighted by Gasteiger charge is -2.20. The van der Waals surface area contributed by atoms with E-state index in [2.05, 4.69) is 42.0 Å². The highest BCUT2D eigenvalue weighted by Crippen LogP contribution is 2.20. The van der Waals surface area contributed by atoms with Gasteiger partial charge in [0.15, 0.2) is 5.82 Å². The minimum atomic E-state index is -1.82. The van der Waals surface area contributed by atoms with E-state index in [1.807, 2.05) is 0 Å². The first-order valence-electron chi connectivity index (χ1n) is 6.49. The van der Waals surface area contributed by atoms with Crippen LogP contribution in [0, 0.1) is 0 Å². The SMILES string of the molecule is CC(C)c1noc(C2=CCCN(C)C2)n1.O=C(O)C(=O)O. The highest BCUT2D eigenvalue weighted by Gasteiger charge is 2.17. The number of hydrogen-bond acceptors (Lipinski definition) is 6. The van der Waals surface area contributed by atoms with Crippen LogP contribution in [0.1, 0.15) is 37.9 Å². The summed E-state index contributed by atoms with van der Waals surface area (Å²) in [7, 11) is 2.10. The Kier molecular flexibility index (Phi) is 6.04. The second-order valence-electron chi connectivity index (χ2n) is 4.98. The van der Waals surface area contributed by atoms with Crippen LogP contribution in [-0.2, 0) is 9.59 Å². The van der Waals surface area contributed by atoms with Gasteiger partial charge in [0, 0.05) is 24.6 Å². The molecule has 1 aliphatic heterocycles. The van der Waals surface area contributed by atoms with E-state index in [-0.39, 0.29) is 0 Å². The number of aromatic nitrogens is 2. The van der Waals surface area contributed by atoms with Crippen LogP contribution in [0.15, 0.2) is 10.6 Å². The number of rotatable bonds is 2. The molecular formula is C13H19N3O5. The minimum Gasteiger partial charge on any atom is -0.473 e. The summed E-state index contributed by atoms with van der Waals surface area (Å²) >= 11 is 0. The third kappa shape index (κ3) is 5.35. The zero-order valence-electron chi connectivity index (χ0n) is 12.2. The molecule has 0 saturated carbocycles. The molecule has 1 aromatic rings. The van der Waals surface area contributed by atoms with Crippen molar-refractivity contribution in [3.63, 3.8) is 0 Å². The molecule has 2 rings (SSSR count). The van der Waals surface area contributed by atoms with Gasteiger partial charge in [-0.05, 0) is 13.5 Å². The van der Waals surface area contributed by atoms with Crippen LogP contribution in [0.4, 0.5) is 0 Å². The topological polar surface area (TPSA) is 117 Å². The molecule has 0 spiro atoms. The summed E-state index contributed by atoms with van der Waals surface area (Å²) < 4.78 is 5.26. The van der Waals surface area contributed by atoms with Gasteiger partial charge in [-0.3, -0.25) is 0 Å². The molecule has 0 unspecified atom stereocenters. The molecule has 0 fully saturated rings. The Labute approximate surface area is 122 Å². The second-order valence-corrected chi connectivity index (χ2v) is 4.98. The normalized spacial score (nSPS) is 15.1. The van der Waals surface area contributed by atoms with Gasteiger partial charge in [-0.15, -0.1) is 0 Å². The standard InChI is InChI=1S/C11H17N3O.C2H2O4/c1-8(2)10-12-11(15-13-10)9-5-4-6-14(3)7-9;3-1(4)2(5)6/h5,8H,4,6-7H2,1-3H3;(H,3,4)(H,5,6). The maximum atomic E-state index is 9.10. The van der Waals surface area contributed by atoms with Crippen LogP contribution in [0.5, 0.6) is 0 Å². The maximum absolute atomic E-state index is 9.10. The van der Waals surface area contributed by atoms with Gasteiger partial charge in [-0.1, -0.05) is 25.1 Å². The highest BCUT2D eigenvalue weighted by atomic mass is 16.5. The Bertz CT molecular complexity index is 524. The second kappa shape index (κ2) is 7.53. The molecule has 2 heterocycles. The lowest BCUT2D eigenvalue weighted by molar-refractivity contribution is -0.159. The van der Waals surface area contributed by atoms with E-state index in [9.17, 15) is 0 Å². The van der Waals surface area contributed by atoms with Gasteiger partial charge >= 0.3 is 11.9 Å². The molecular weight excluding hydrogens is 278 g/mol. The lowest BCUT2D eigenvalue weighted by Crippen LogP contribution is -2.25. The number of likely N-dealkylation sites (N-methyl/N-ethyl adjacent to an activating group) is 1. The van der Waals surface area contributed by atoms with Crippen molar-refractivity contribution in [1.29, 1.82) is 0 Å². The molecule has 8 heteroatoms. The largest absolute Gasteiger partial charge is 0.473 e. The predicted molar refractivity (Wildman–Crippen MR) is 73.7 cm³/mol. The molecule has 1 aromatic heterocycles. The summed E-state index contributed by atoms with van der Waals surface area (Å²) in [5.74, 6) is -1.85. The quantitative estimate of drug-likeness (QED) is 0.778. The third-order valence-electron chi connectivity index (χ3n) is 2.76. The molecule has 116 valence electrons. The van der Waals surface area contributed by atoms with E-state index < -0.39 is 11.9 Å². The van der Waals surface area contributed by atoms with Gasteiger partial charge in [-0.25, -0.2) is 9.59 Å². The van der Waals surface area contributed by atoms with E-state index in [4.69, 9.17) is 24.3 Å². The van der Waals surface area contributed by atoms with Gasteiger partial charge in [0.05, 0.1) is 0 Å². The molecule has 21 heavy (non-hydrogen) atoms. The van der Waals surface area contributed by atoms with Crippen LogP contribution in [0.2, 0.25) is 0 Å². The number of carboxylic acids is 2. The predicted octanol–water partition coefficient (Wildman–Crippen LogP) is 1.07. The summed E-state index contributed by atoms with van der Waals surface area (Å²) in [5.41, 5.74) is 1.16. The van der Waals surface area contributed by atoms with Crippen molar-refractivity contribution in [2.24, 2.45) is 0 Å². The van der Waals surface area contributed by atoms with E-state index in [0.717, 1.165) is 30.9 Å². The van der Waals surface area contributed by atoms with Crippen molar-refractivity contribution < 1.29 is 24.3 Å². The number of carboxylic acid groups (broad SMARTS) is 2. The van der Waals surface area contributed by atoms with Crippen molar-refractivity contribution in [2.75, 3.05) is 20.1 Å². The van der Waals surface area contributed by atoms with Gasteiger partial charge in [0.1, 0.15) is 0 Å². The van der Waals surface area contributed by atoms with Crippen molar-refractivity contribution in [3.8, 4) is 0 Å². The van der Waals surface area contributed by atoms with Crippen molar-refractivity contribution in [3.05, 3.63) is 17.8 Å². The third-order valence-corrected chi connectivity index (χ3v) is 2.76. The molecule has 0 bridgehead atoms. The van der Waals surface area contributed by atoms with E-state index in [1.54, 1.807) is 0 Å². The first kappa shape index (κ1) is 16.8. The van der Waals surface area contributed by atoms with Crippen molar-refractivity contribution in [1.82, 2.24) is 15.0 Å². The molecule has 0 saturated heterocycles. The fourth-order valence-electron chi connectivity index (χ4n) is 1.65. The summed E-state index contributed by atoms with van der Waals surface area (Å²) in [5, 5.41) is 18.8. The summed E-state index contributed by atoms with van der Waals surface area (Å²) in [4.78, 5) is 24.9. The Morgan fingerprint density at radius 1 is 1.33 bits per heavy atom. The van der Waals surface area contributed by atoms with Gasteiger partial charge in [0.2, 0.25) is 0 Å². The Morgan fingerprint density at radius 3 is 2.38 bits per heavy atom. The number of nitrogens with zero attached hydrogens (tertiary/aromatic N) is 3. The van der Waals surface area contributed by atoms with Crippen LogP contribution in [0.25, 0.3) is 5.57 Å². The van der Waals surface area contributed by atoms with Crippen LogP contribution < -0.4 is 0 Å². The fourth-order valence-corrected chi connectivity index (χ4v) is 1.65. The van der Waals surface area contributed by atoms with Crippen LogP contribution in [-0.4, -0.2) is 57.3 Å². The summed E-state index contributed by atoms with van der Waals surface area (Å²) in [6.07, 6.45) is 3.25. The first-order valence-corrected chi connectivity index (χ1v) is 6.49. The lowest BCUT2D eigenvalue weighted by atomic mass is 10.1. The minimum absolute atomic E-state index is 0.324. The van der Waals surface area contributed by atoms with Gasteiger partial charge in [0.25, 0.3) is 5.89 Å². The molecule has 0 aromatic carbocycles. The number of aliphatic carboxylic acids is 2. The highest BCUT2D eigenvalue weighted by molar-refractivity contribution is 6.27. The zero-order chi connectivity index (χ0) is 16.0. The molecule has 0 amide bonds. The zero-order valence-corrected chi connectivity index (χ0v) is 12.2. The summed E-state index contributed by atoms with van der Waals surface area (Å²) in [6.45, 7) is 6.14. The van der Waals surface area contributed by atoms with Gasteiger partial charge in [-0.2, -0.15) is 4.98 Å². The average Bonchev–Trinajstić information content (AvgIpc) is 2.89. The smallest absolute Gasteiger partial charge is 0.414 e. The number of hydrogen-bond donors (Lipinski definition) is 2. The molecule has 8 nitrogen and oxygen atoms in total. The van der Waals surface area contributed by atoms with E-state index in [0.29, 0.717) is 11.8 Å². The Hall–Kier alpha value is -2.22. The van der Waals surface area contributed by atoms with Crippen molar-refractivity contribution in [2.45, 2.75) is 26.2 Å². The Morgan fingerprint density at radius 2 is 1.95 bits per heavy atom. The van der Waals surface area contributed by atoms with E-state index in [1.165, 1.54) is 0 Å². The summed E-state index contributed by atoms with van der Waals surface area (Å²) in [6, 6.07) is 0. The van der Waals surface area contributed by atoms with E-state index >= 15 is 0 Å². The maximum Gasteiger partial charge on any atom is 0.414 e. The Balaban J connectivity index is 0.000000315. The van der Waals surface area contributed by atoms with Crippen LogP contribution in [0.3, 0.4) is 0 Å². The molecule has 1 aliphatic rings. The fraction of sp³-hybridized carbons (Fsp3) is 0.538. The molecule has 0 aliphatic carbocycles. The monoisotopic (exact) mass is 297 g/mol. The first-order chi connectivity index (χ1) is 9.81. The average molecular weight is 297 g/mol. The van der Waals surface area contributed by atoms with Crippen LogP contribution >= 0.6 is 0 Å². The van der Waals surface area contributed by atoms with Gasteiger partial charge < -0.3 is 19.6 Å². The van der Waals surface area contributed by atoms with Crippen molar-refractivity contribution >= 4 is 17.5 Å². The molecule has 0 radical (unpaired) electrons. The molecule has 0 atom stereocenters. The number of carbonyl (C=O) groups is 2. The molecule has 2 N–H and O–H groups in total.